The number of hydrogen-bond acceptors (Lipinski definition) is 2. The average Bonchev–Trinajstić information content (AvgIpc) is 2.67. The van der Waals surface area contributed by atoms with E-state index in [0.717, 1.165) is 19.4 Å². The Balaban J connectivity index is 2.27. The van der Waals surface area contributed by atoms with E-state index in [-0.39, 0.29) is 18.0 Å². The minimum Gasteiger partial charge on any atom is -0.377 e. The lowest BCUT2D eigenvalue weighted by atomic mass is 9.73. The van der Waals surface area contributed by atoms with Crippen molar-refractivity contribution in [2.75, 3.05) is 6.61 Å². The molecule has 0 aromatic rings. The van der Waals surface area contributed by atoms with Crippen LogP contribution in [0.5, 0.6) is 0 Å². The molecule has 0 aromatic heterocycles. The minimum atomic E-state index is -0.661. The first-order valence-corrected chi connectivity index (χ1v) is 5.07. The maximum absolute atomic E-state index is 13.8. The average molecular weight is 197 g/mol. The van der Waals surface area contributed by atoms with Gasteiger partial charge in [0.1, 0.15) is 5.83 Å². The van der Waals surface area contributed by atoms with Crippen molar-refractivity contribution >= 4 is 0 Å². The predicted molar refractivity (Wildman–Crippen MR) is 53.4 cm³/mol. The first-order chi connectivity index (χ1) is 6.65. The molecule has 2 aliphatic rings. The maximum atomic E-state index is 13.8. The summed E-state index contributed by atoms with van der Waals surface area (Å²) in [7, 11) is 0. The molecule has 0 bridgehead atoms. The predicted octanol–water partition coefficient (Wildman–Crippen LogP) is 1.92. The van der Waals surface area contributed by atoms with Crippen LogP contribution in [-0.4, -0.2) is 18.8 Å². The van der Waals surface area contributed by atoms with Gasteiger partial charge in [-0.2, -0.15) is 0 Å². The van der Waals surface area contributed by atoms with E-state index >= 15 is 0 Å². The summed E-state index contributed by atoms with van der Waals surface area (Å²) in [5.74, 6) is -0.153. The molecule has 2 rings (SSSR count). The van der Waals surface area contributed by atoms with E-state index in [1.807, 2.05) is 13.0 Å². The molecule has 1 aliphatic heterocycles. The lowest BCUT2D eigenvalue weighted by Crippen LogP contribution is -2.48. The summed E-state index contributed by atoms with van der Waals surface area (Å²) < 4.78 is 19.3. The second kappa shape index (κ2) is 3.48. The quantitative estimate of drug-likeness (QED) is 0.697. The van der Waals surface area contributed by atoms with E-state index in [2.05, 4.69) is 0 Å². The Labute approximate surface area is 83.6 Å². The molecule has 1 fully saturated rings. The first-order valence-electron chi connectivity index (χ1n) is 5.07. The van der Waals surface area contributed by atoms with Crippen LogP contribution in [0.25, 0.3) is 0 Å². The van der Waals surface area contributed by atoms with Crippen molar-refractivity contribution < 1.29 is 9.13 Å². The van der Waals surface area contributed by atoms with Gasteiger partial charge in [-0.15, -0.1) is 0 Å². The molecule has 1 saturated heterocycles. The van der Waals surface area contributed by atoms with Crippen molar-refractivity contribution in [1.82, 2.24) is 0 Å². The van der Waals surface area contributed by atoms with Gasteiger partial charge in [0.2, 0.25) is 0 Å². The second-order valence-corrected chi connectivity index (χ2v) is 4.21. The smallest absolute Gasteiger partial charge is 0.110 e. The third-order valence-corrected chi connectivity index (χ3v) is 3.37. The minimum absolute atomic E-state index is 0.0706. The van der Waals surface area contributed by atoms with Gasteiger partial charge in [0, 0.05) is 12.6 Å². The van der Waals surface area contributed by atoms with Gasteiger partial charge in [-0.3, -0.25) is 0 Å². The van der Waals surface area contributed by atoms with E-state index < -0.39 is 5.41 Å². The second-order valence-electron chi connectivity index (χ2n) is 4.21. The summed E-state index contributed by atoms with van der Waals surface area (Å²) in [6, 6.07) is -0.282. The fourth-order valence-corrected chi connectivity index (χ4v) is 2.22. The van der Waals surface area contributed by atoms with Gasteiger partial charge in [-0.05, 0) is 25.8 Å². The van der Waals surface area contributed by atoms with Crippen LogP contribution >= 0.6 is 0 Å². The number of allylic oxidation sites excluding steroid dienone is 2. The molecule has 14 heavy (non-hydrogen) atoms. The molecule has 0 spiro atoms. The molecule has 78 valence electrons. The van der Waals surface area contributed by atoms with Crippen LogP contribution < -0.4 is 5.73 Å². The van der Waals surface area contributed by atoms with Crippen molar-refractivity contribution in [1.29, 1.82) is 0 Å². The van der Waals surface area contributed by atoms with Gasteiger partial charge in [-0.1, -0.05) is 12.2 Å². The standard InChI is InChI=1S/C11H16FNO/c1-11(10-6-3-7-14-10)8(12)4-2-5-9(11)13/h2,4-5,9-10H,3,6-7,13H2,1H3. The van der Waals surface area contributed by atoms with Gasteiger partial charge >= 0.3 is 0 Å². The van der Waals surface area contributed by atoms with Gasteiger partial charge in [0.05, 0.1) is 11.5 Å². The van der Waals surface area contributed by atoms with Crippen molar-refractivity contribution in [3.63, 3.8) is 0 Å². The van der Waals surface area contributed by atoms with Crippen LogP contribution in [0.15, 0.2) is 24.1 Å². The molecule has 3 atom stereocenters. The Morgan fingerprint density at radius 2 is 2.43 bits per heavy atom. The van der Waals surface area contributed by atoms with Crippen LogP contribution in [0.4, 0.5) is 4.39 Å². The molecule has 0 aromatic carbocycles. The Hall–Kier alpha value is -0.670. The topological polar surface area (TPSA) is 35.2 Å². The normalized spacial score (nSPS) is 42.6. The Morgan fingerprint density at radius 1 is 1.64 bits per heavy atom. The van der Waals surface area contributed by atoms with Crippen molar-refractivity contribution in [2.45, 2.75) is 31.9 Å². The zero-order valence-corrected chi connectivity index (χ0v) is 8.37. The highest BCUT2D eigenvalue weighted by Gasteiger charge is 2.45. The Kier molecular flexibility index (Phi) is 2.45. The fourth-order valence-electron chi connectivity index (χ4n) is 2.22. The molecule has 0 saturated carbocycles. The zero-order chi connectivity index (χ0) is 10.2. The molecule has 1 heterocycles. The molecule has 2 nitrogen and oxygen atoms in total. The molecule has 3 heteroatoms. The number of halogens is 1. The van der Waals surface area contributed by atoms with Gasteiger partial charge < -0.3 is 10.5 Å². The number of hydrogen-bond donors (Lipinski definition) is 1. The largest absolute Gasteiger partial charge is 0.377 e. The molecule has 0 amide bonds. The fraction of sp³-hybridized carbons (Fsp3) is 0.636. The van der Waals surface area contributed by atoms with Gasteiger partial charge in [0.25, 0.3) is 0 Å². The van der Waals surface area contributed by atoms with Crippen molar-refractivity contribution in [3.05, 3.63) is 24.1 Å². The molecular weight excluding hydrogens is 181 g/mol. The molecule has 3 unspecified atom stereocenters. The number of rotatable bonds is 1. The number of nitrogens with two attached hydrogens (primary N) is 1. The third kappa shape index (κ3) is 1.31. The van der Waals surface area contributed by atoms with Crippen LogP contribution in [0.3, 0.4) is 0 Å². The van der Waals surface area contributed by atoms with Crippen LogP contribution in [0.2, 0.25) is 0 Å². The highest BCUT2D eigenvalue weighted by molar-refractivity contribution is 5.27. The lowest BCUT2D eigenvalue weighted by Gasteiger charge is -2.38. The third-order valence-electron chi connectivity index (χ3n) is 3.37. The molecular formula is C11H16FNO. The van der Waals surface area contributed by atoms with Gasteiger partial charge in [0.15, 0.2) is 0 Å². The SMILES string of the molecule is CC1(C2CCCO2)C(F)=CC=CC1N. The highest BCUT2D eigenvalue weighted by atomic mass is 19.1. The van der Waals surface area contributed by atoms with Gasteiger partial charge in [-0.25, -0.2) is 4.39 Å². The van der Waals surface area contributed by atoms with Crippen LogP contribution in [0, 0.1) is 5.41 Å². The first kappa shape index (κ1) is 9.87. The summed E-state index contributed by atoms with van der Waals surface area (Å²) in [6.45, 7) is 2.58. The summed E-state index contributed by atoms with van der Waals surface area (Å²) in [5.41, 5.74) is 5.27. The Bertz CT molecular complexity index is 281. The number of ether oxygens (including phenoxy) is 1. The van der Waals surface area contributed by atoms with Crippen molar-refractivity contribution in [3.8, 4) is 0 Å². The zero-order valence-electron chi connectivity index (χ0n) is 8.37. The molecule has 0 radical (unpaired) electrons. The summed E-state index contributed by atoms with van der Waals surface area (Å²) >= 11 is 0. The lowest BCUT2D eigenvalue weighted by molar-refractivity contribution is 0.0102. The Morgan fingerprint density at radius 3 is 3.00 bits per heavy atom. The highest BCUT2D eigenvalue weighted by Crippen LogP contribution is 2.42. The van der Waals surface area contributed by atoms with Crippen LogP contribution in [-0.2, 0) is 4.74 Å². The van der Waals surface area contributed by atoms with Crippen molar-refractivity contribution in [2.24, 2.45) is 11.1 Å². The maximum Gasteiger partial charge on any atom is 0.110 e. The van der Waals surface area contributed by atoms with E-state index in [0.29, 0.717) is 0 Å². The summed E-state index contributed by atoms with van der Waals surface area (Å²) in [4.78, 5) is 0. The summed E-state index contributed by atoms with van der Waals surface area (Å²) in [6.07, 6.45) is 6.84. The summed E-state index contributed by atoms with van der Waals surface area (Å²) in [5, 5.41) is 0. The van der Waals surface area contributed by atoms with E-state index in [1.54, 1.807) is 6.08 Å². The van der Waals surface area contributed by atoms with E-state index in [9.17, 15) is 4.39 Å². The molecule has 2 N–H and O–H groups in total. The van der Waals surface area contributed by atoms with Crippen LogP contribution in [0.1, 0.15) is 19.8 Å². The monoisotopic (exact) mass is 197 g/mol. The molecule has 1 aliphatic carbocycles. The van der Waals surface area contributed by atoms with E-state index in [4.69, 9.17) is 10.5 Å². The van der Waals surface area contributed by atoms with E-state index in [1.165, 1.54) is 6.08 Å².